The lowest BCUT2D eigenvalue weighted by Crippen LogP contribution is -2.63. The number of carbonyl (C=O) groups is 4. The van der Waals surface area contributed by atoms with Crippen molar-refractivity contribution >= 4 is 29.8 Å². The zero-order chi connectivity index (χ0) is 58.4. The highest BCUT2D eigenvalue weighted by Crippen LogP contribution is 2.43. The normalized spacial score (nSPS) is 17.7. The first kappa shape index (κ1) is 61.0. The highest BCUT2D eigenvalue weighted by atomic mass is 19.4. The molecule has 2 aromatic heterocycles. The maximum atomic E-state index is 16.0. The van der Waals surface area contributed by atoms with E-state index in [1.807, 2.05) is 22.1 Å². The molecule has 0 saturated carbocycles. The fourth-order valence-corrected chi connectivity index (χ4v) is 8.49. The van der Waals surface area contributed by atoms with E-state index in [9.17, 15) is 59.4 Å². The molecule has 0 aliphatic carbocycles. The molecular formula is C51H58F10N10O8. The Hall–Kier alpha value is -7.22. The number of hydrazine groups is 1. The lowest BCUT2D eigenvalue weighted by molar-refractivity contribution is -0.239. The molecule has 2 bridgehead atoms. The third-order valence-electron chi connectivity index (χ3n) is 13.7. The molecule has 2 aromatic carbocycles. The van der Waals surface area contributed by atoms with Gasteiger partial charge in [-0.1, -0.05) is 24.0 Å². The Labute approximate surface area is 447 Å². The van der Waals surface area contributed by atoms with Crippen molar-refractivity contribution in [3.05, 3.63) is 101 Å². The van der Waals surface area contributed by atoms with Gasteiger partial charge in [0, 0.05) is 67.9 Å². The number of rotatable bonds is 18. The highest BCUT2D eigenvalue weighted by molar-refractivity contribution is 5.87. The van der Waals surface area contributed by atoms with Gasteiger partial charge in [0.15, 0.2) is 6.10 Å². The molecule has 79 heavy (non-hydrogen) atoms. The fourth-order valence-electron chi connectivity index (χ4n) is 8.49. The van der Waals surface area contributed by atoms with Crippen LogP contribution in [0.5, 0.6) is 0 Å². The number of morpholine rings is 1. The van der Waals surface area contributed by atoms with Gasteiger partial charge in [0.1, 0.15) is 28.9 Å². The first-order chi connectivity index (χ1) is 36.9. The van der Waals surface area contributed by atoms with Crippen LogP contribution in [0.2, 0.25) is 0 Å². The Kier molecular flexibility index (Phi) is 19.2. The summed E-state index contributed by atoms with van der Waals surface area (Å²) < 4.78 is 161. The number of aliphatic hydroxyl groups excluding tert-OH is 1. The van der Waals surface area contributed by atoms with E-state index in [1.54, 1.807) is 12.3 Å². The van der Waals surface area contributed by atoms with E-state index in [1.165, 1.54) is 24.3 Å². The van der Waals surface area contributed by atoms with Gasteiger partial charge in [0.25, 0.3) is 5.91 Å². The number of nitrogens with zero attached hydrogens (tertiary/aromatic N) is 6. The standard InChI is InChI=1S/C51H58F10N10O8/c1-48(2,50(56,57)58)41(65-47(76)77-7)43(73)64-38(18-29-11-8-28(9-12-29)10-13-30-14-15-40(63-21-30)69-22-32-26-78-27-33(23-69)68(32)6)39(72)25-70(67-44(74)42(79-46(75)62-5)49(3,4)51(59,60)61)24-34-35(52)19-31(20-36(34)53)37-16-17-71(66-37)45(54)55/h8-9,11-12,14-17,19-21,32-33,38-39,41-42,45,72H,18,22-27H2,1-7H3,(H,62,75)(H,64,73)(H,65,76)(H,67,74)/t32-,33-,38-,39-,41+,42+/m0/s1. The van der Waals surface area contributed by atoms with E-state index in [-0.39, 0.29) is 33.6 Å². The third-order valence-corrected chi connectivity index (χ3v) is 13.7. The molecule has 2 fully saturated rings. The van der Waals surface area contributed by atoms with Crippen LogP contribution in [0.3, 0.4) is 0 Å². The number of methoxy groups -OCH3 is 1. The van der Waals surface area contributed by atoms with E-state index < -0.39 is 115 Å². The monoisotopic (exact) mass is 1130 g/mol. The van der Waals surface area contributed by atoms with Crippen LogP contribution in [0.1, 0.15) is 56.5 Å². The molecule has 2 saturated heterocycles. The number of hydrogen-bond donors (Lipinski definition) is 5. The summed E-state index contributed by atoms with van der Waals surface area (Å²) in [6, 6.07) is 8.18. The van der Waals surface area contributed by atoms with Gasteiger partial charge >= 0.3 is 31.1 Å². The molecule has 2 aliphatic heterocycles. The zero-order valence-corrected chi connectivity index (χ0v) is 43.6. The second kappa shape index (κ2) is 24.8. The van der Waals surface area contributed by atoms with E-state index in [4.69, 9.17) is 9.47 Å². The first-order valence-corrected chi connectivity index (χ1v) is 24.3. The zero-order valence-electron chi connectivity index (χ0n) is 43.6. The largest absolute Gasteiger partial charge is 0.453 e. The van der Waals surface area contributed by atoms with Crippen LogP contribution in [-0.4, -0.2) is 157 Å². The van der Waals surface area contributed by atoms with Crippen LogP contribution < -0.4 is 26.3 Å². The van der Waals surface area contributed by atoms with E-state index in [0.29, 0.717) is 69.2 Å². The van der Waals surface area contributed by atoms with E-state index in [2.05, 4.69) is 48.8 Å². The Morgan fingerprint density at radius 3 is 1.97 bits per heavy atom. The molecule has 0 radical (unpaired) electrons. The van der Waals surface area contributed by atoms with Gasteiger partial charge in [-0.2, -0.15) is 40.2 Å². The highest BCUT2D eigenvalue weighted by Gasteiger charge is 2.58. The number of benzene rings is 2. The van der Waals surface area contributed by atoms with Crippen LogP contribution in [0, 0.1) is 34.3 Å². The second-order valence-corrected chi connectivity index (χ2v) is 19.9. The second-order valence-electron chi connectivity index (χ2n) is 19.9. The summed E-state index contributed by atoms with van der Waals surface area (Å²) in [6.45, 7) is -0.577. The van der Waals surface area contributed by atoms with Crippen LogP contribution in [-0.2, 0) is 36.8 Å². The minimum atomic E-state index is -5.27. The molecule has 2 aliphatic rings. The number of amides is 4. The average Bonchev–Trinajstić information content (AvgIpc) is 3.92. The molecule has 6 atom stereocenters. The molecule has 0 spiro atoms. The molecule has 4 aromatic rings. The van der Waals surface area contributed by atoms with Gasteiger partial charge in [-0.25, -0.2) is 33.0 Å². The SMILES string of the molecule is CNC(=O)O[C@H](C(=O)NN(Cc1c(F)cc(-c2ccn(C(F)F)n2)cc1F)C[C@H](O)[C@H](Cc1ccc(C#Cc2ccc(N3C[C@H]4COC[C@H](C3)N4C)nc2)cc1)NC(=O)[C@@H](NC(=O)OC)C(C)(C)C(F)(F)F)C(C)(C)C(F)(F)F. The summed E-state index contributed by atoms with van der Waals surface area (Å²) in [4.78, 5) is 61.9. The van der Waals surface area contributed by atoms with Gasteiger partial charge in [0.05, 0.1) is 55.7 Å². The summed E-state index contributed by atoms with van der Waals surface area (Å²) in [6.07, 6.45) is -16.4. The summed E-state index contributed by atoms with van der Waals surface area (Å²) in [7, 11) is 3.85. The number of pyridine rings is 1. The lowest BCUT2D eigenvalue weighted by Gasteiger charge is -2.48. The third kappa shape index (κ3) is 14.7. The number of carbonyl (C=O) groups excluding carboxylic acids is 4. The maximum Gasteiger partial charge on any atom is 0.407 e. The van der Waals surface area contributed by atoms with Crippen molar-refractivity contribution < 1.29 is 82.4 Å². The van der Waals surface area contributed by atoms with E-state index in [0.717, 1.165) is 45.3 Å². The van der Waals surface area contributed by atoms with Crippen LogP contribution >= 0.6 is 0 Å². The van der Waals surface area contributed by atoms with Crippen molar-refractivity contribution in [1.82, 2.24) is 46.0 Å². The predicted molar refractivity (Wildman–Crippen MR) is 262 cm³/mol. The molecule has 4 amide bonds. The fraction of sp³-hybridized carbons (Fsp3) is 0.490. The van der Waals surface area contributed by atoms with Crippen molar-refractivity contribution in [1.29, 1.82) is 0 Å². The van der Waals surface area contributed by atoms with Crippen molar-refractivity contribution in [3.8, 4) is 23.1 Å². The Morgan fingerprint density at radius 1 is 0.848 bits per heavy atom. The van der Waals surface area contributed by atoms with Gasteiger partial charge in [-0.05, 0) is 89.2 Å². The molecular weight excluding hydrogens is 1070 g/mol. The topological polar surface area (TPSA) is 205 Å². The Balaban J connectivity index is 1.34. The van der Waals surface area contributed by atoms with Gasteiger partial charge in [-0.15, -0.1) is 0 Å². The van der Waals surface area contributed by atoms with Gasteiger partial charge < -0.3 is 40.2 Å². The number of likely N-dealkylation sites (N-methyl/N-ethyl adjacent to an activating group) is 1. The number of alkyl carbamates (subject to hydrolysis) is 2. The number of nitrogens with one attached hydrogen (secondary N) is 4. The van der Waals surface area contributed by atoms with Crippen LogP contribution in [0.15, 0.2) is 67.0 Å². The minimum absolute atomic E-state index is 0.195. The number of anilines is 1. The number of ether oxygens (including phenoxy) is 3. The van der Waals surface area contributed by atoms with Gasteiger partial charge in [0.2, 0.25) is 5.91 Å². The number of alkyl halides is 8. The molecule has 28 heteroatoms. The maximum absolute atomic E-state index is 16.0. The number of hydrogen-bond acceptors (Lipinski definition) is 13. The summed E-state index contributed by atoms with van der Waals surface area (Å²) in [5.74, 6) is 0.591. The summed E-state index contributed by atoms with van der Waals surface area (Å²) in [5.41, 5.74) is -4.59. The Bertz CT molecular complexity index is 2820. The minimum Gasteiger partial charge on any atom is -0.453 e. The molecule has 5 N–H and O–H groups in total. The van der Waals surface area contributed by atoms with Crippen molar-refractivity contribution in [3.63, 3.8) is 0 Å². The number of aromatic nitrogens is 3. The average molecular weight is 1130 g/mol. The van der Waals surface area contributed by atoms with Crippen molar-refractivity contribution in [2.45, 2.75) is 95.9 Å². The molecule has 18 nitrogen and oxygen atoms in total. The van der Waals surface area contributed by atoms with Gasteiger partial charge in [-0.3, -0.25) is 19.9 Å². The lowest BCUT2D eigenvalue weighted by atomic mass is 9.82. The van der Waals surface area contributed by atoms with E-state index >= 15 is 8.78 Å². The predicted octanol–water partition coefficient (Wildman–Crippen LogP) is 6.09. The number of halogens is 10. The molecule has 430 valence electrons. The number of fused-ring (bicyclic) bond motifs is 2. The van der Waals surface area contributed by atoms with Crippen LogP contribution in [0.25, 0.3) is 11.3 Å². The molecule has 4 heterocycles. The quantitative estimate of drug-likeness (QED) is 0.0436. The number of piperazine rings is 1. The molecule has 6 rings (SSSR count). The van der Waals surface area contributed by atoms with Crippen LogP contribution in [0.4, 0.5) is 59.3 Å². The Morgan fingerprint density at radius 2 is 1.44 bits per heavy atom. The van der Waals surface area contributed by atoms with Crippen molar-refractivity contribution in [2.75, 3.05) is 59.0 Å². The first-order valence-electron chi connectivity index (χ1n) is 24.3. The smallest absolute Gasteiger partial charge is 0.407 e. The molecule has 0 unspecified atom stereocenters. The van der Waals surface area contributed by atoms with Crippen molar-refractivity contribution in [2.24, 2.45) is 10.8 Å². The summed E-state index contributed by atoms with van der Waals surface area (Å²) >= 11 is 0. The summed E-state index contributed by atoms with van der Waals surface area (Å²) in [5, 5.41) is 22.1. The number of aliphatic hydroxyl groups is 1.